The molecule has 2 aromatic rings. The molecule has 34 heavy (non-hydrogen) atoms. The van der Waals surface area contributed by atoms with E-state index in [1.165, 1.54) is 5.56 Å². The van der Waals surface area contributed by atoms with Crippen molar-refractivity contribution in [1.29, 1.82) is 0 Å². The zero-order chi connectivity index (χ0) is 24.2. The minimum atomic E-state index is 0.0294. The van der Waals surface area contributed by atoms with E-state index in [2.05, 4.69) is 78.2 Å². The maximum atomic E-state index is 13.1. The summed E-state index contributed by atoms with van der Waals surface area (Å²) in [5.41, 5.74) is 8.27. The van der Waals surface area contributed by atoms with Gasteiger partial charge < -0.3 is 15.1 Å². The van der Waals surface area contributed by atoms with E-state index in [1.807, 2.05) is 32.4 Å². The molecule has 1 aromatic carbocycles. The average Bonchev–Trinajstić information content (AvgIpc) is 2.83. The Bertz CT molecular complexity index is 1190. The van der Waals surface area contributed by atoms with Crippen molar-refractivity contribution in [3.63, 3.8) is 0 Å². The molecule has 0 saturated heterocycles. The van der Waals surface area contributed by atoms with E-state index < -0.39 is 0 Å². The van der Waals surface area contributed by atoms with Crippen molar-refractivity contribution in [3.8, 4) is 11.3 Å². The molecular weight excluding hydrogens is 420 g/mol. The molecule has 1 unspecified atom stereocenters. The van der Waals surface area contributed by atoms with Gasteiger partial charge in [-0.25, -0.2) is 0 Å². The molecule has 0 radical (unpaired) electrons. The predicted molar refractivity (Wildman–Crippen MR) is 141 cm³/mol. The first-order chi connectivity index (χ1) is 16.4. The lowest BCUT2D eigenvalue weighted by atomic mass is 9.90. The second-order valence-corrected chi connectivity index (χ2v) is 9.31. The summed E-state index contributed by atoms with van der Waals surface area (Å²) in [6, 6.07) is 10.8. The molecule has 1 N–H and O–H groups in total. The number of aromatic nitrogens is 1. The maximum absolute atomic E-state index is 13.1. The van der Waals surface area contributed by atoms with Gasteiger partial charge in [0.15, 0.2) is 0 Å². The van der Waals surface area contributed by atoms with Crippen LogP contribution in [0.3, 0.4) is 0 Å². The van der Waals surface area contributed by atoms with E-state index in [4.69, 9.17) is 4.98 Å². The highest BCUT2D eigenvalue weighted by Gasteiger charge is 2.29. The fourth-order valence-corrected chi connectivity index (χ4v) is 4.58. The number of benzene rings is 1. The summed E-state index contributed by atoms with van der Waals surface area (Å²) in [5.74, 6) is 0.0294. The molecule has 5 nitrogen and oxygen atoms in total. The van der Waals surface area contributed by atoms with E-state index in [9.17, 15) is 4.79 Å². The van der Waals surface area contributed by atoms with Crippen LogP contribution in [-0.4, -0.2) is 53.9 Å². The van der Waals surface area contributed by atoms with Gasteiger partial charge in [0, 0.05) is 48.2 Å². The van der Waals surface area contributed by atoms with Gasteiger partial charge in [-0.2, -0.15) is 0 Å². The van der Waals surface area contributed by atoms with E-state index in [1.54, 1.807) is 0 Å². The van der Waals surface area contributed by atoms with Gasteiger partial charge in [0.05, 0.1) is 11.4 Å². The Hall–Kier alpha value is -3.44. The van der Waals surface area contributed by atoms with Crippen LogP contribution < -0.4 is 5.32 Å². The molecule has 0 fully saturated rings. The van der Waals surface area contributed by atoms with Gasteiger partial charge in [-0.1, -0.05) is 30.9 Å². The van der Waals surface area contributed by atoms with E-state index in [0.29, 0.717) is 12.6 Å². The quantitative estimate of drug-likeness (QED) is 0.638. The molecule has 2 aliphatic heterocycles. The van der Waals surface area contributed by atoms with Gasteiger partial charge in [0.2, 0.25) is 5.91 Å². The molecule has 1 aromatic heterocycles. The second kappa shape index (κ2) is 10.2. The highest BCUT2D eigenvalue weighted by atomic mass is 16.1. The first-order valence-corrected chi connectivity index (χ1v) is 11.9. The van der Waals surface area contributed by atoms with Crippen molar-refractivity contribution >= 4 is 17.6 Å². The van der Waals surface area contributed by atoms with Crippen molar-refractivity contribution in [1.82, 2.24) is 20.1 Å². The van der Waals surface area contributed by atoms with E-state index in [-0.39, 0.29) is 5.91 Å². The van der Waals surface area contributed by atoms with Gasteiger partial charge in [0.1, 0.15) is 0 Å². The molecular formula is C29H34N4O. The summed E-state index contributed by atoms with van der Waals surface area (Å²) >= 11 is 0. The third-order valence-electron chi connectivity index (χ3n) is 6.58. The molecule has 0 saturated carbocycles. The number of fused-ring (bicyclic) bond motifs is 1. The molecule has 5 heteroatoms. The molecule has 176 valence electrons. The minimum Gasteiger partial charge on any atom is -0.351 e. The number of carbonyl (C=O) groups is 1. The third kappa shape index (κ3) is 4.90. The minimum absolute atomic E-state index is 0.0294. The summed E-state index contributed by atoms with van der Waals surface area (Å²) in [5, 5.41) is 3.10. The van der Waals surface area contributed by atoms with Gasteiger partial charge in [0.25, 0.3) is 0 Å². The van der Waals surface area contributed by atoms with Crippen molar-refractivity contribution in [3.05, 3.63) is 89.4 Å². The van der Waals surface area contributed by atoms with Crippen LogP contribution in [-0.2, 0) is 4.79 Å². The zero-order valence-electron chi connectivity index (χ0n) is 20.6. The number of aryl methyl sites for hydroxylation is 1. The summed E-state index contributed by atoms with van der Waals surface area (Å²) in [7, 11) is 4.02. The van der Waals surface area contributed by atoms with Crippen LogP contribution in [0.15, 0.2) is 72.7 Å². The van der Waals surface area contributed by atoms with Gasteiger partial charge in [-0.3, -0.25) is 9.78 Å². The number of likely N-dealkylation sites (N-methyl/N-ethyl adjacent to an activating group) is 1. The van der Waals surface area contributed by atoms with Gasteiger partial charge in [-0.15, -0.1) is 0 Å². The van der Waals surface area contributed by atoms with Crippen molar-refractivity contribution in [2.75, 3.05) is 27.2 Å². The smallest absolute Gasteiger partial charge is 0.249 e. The Morgan fingerprint density at radius 2 is 2.15 bits per heavy atom. The Morgan fingerprint density at radius 1 is 1.32 bits per heavy atom. The molecule has 1 atom stereocenters. The summed E-state index contributed by atoms with van der Waals surface area (Å²) in [6.07, 6.45) is 11.9. The van der Waals surface area contributed by atoms with Gasteiger partial charge in [-0.05, 0) is 81.8 Å². The molecule has 2 aliphatic rings. The lowest BCUT2D eigenvalue weighted by Gasteiger charge is -2.37. The van der Waals surface area contributed by atoms with Gasteiger partial charge >= 0.3 is 0 Å². The highest BCUT2D eigenvalue weighted by molar-refractivity contribution is 5.96. The number of pyridine rings is 1. The fraction of sp³-hybridized carbons (Fsp3) is 0.310. The molecule has 4 rings (SSSR count). The monoisotopic (exact) mass is 454 g/mol. The predicted octanol–water partition coefficient (Wildman–Crippen LogP) is 5.03. The number of amides is 1. The standard InChI is InChI=1S/C29H34N4O/c1-6-22-10-11-24(18-20(22)2)28-25(8-7-14-30-28)23-13-16-33-21(3)9-12-26(27(33)19-23)29(34)31-15-17-32(4)5/h6-8,10-11,13-14,16,18-19,21H,1,9,12,15,17H2,2-5H3,(H,31,34). The van der Waals surface area contributed by atoms with Crippen LogP contribution in [0.25, 0.3) is 22.9 Å². The Kier molecular flexibility index (Phi) is 7.13. The molecule has 0 bridgehead atoms. The largest absolute Gasteiger partial charge is 0.351 e. The van der Waals surface area contributed by atoms with Crippen LogP contribution in [0.5, 0.6) is 0 Å². The number of hydrogen-bond acceptors (Lipinski definition) is 4. The Balaban J connectivity index is 1.73. The Morgan fingerprint density at radius 3 is 2.88 bits per heavy atom. The number of allylic oxidation sites excluding steroid dienone is 3. The normalized spacial score (nSPS) is 17.5. The fourth-order valence-electron chi connectivity index (χ4n) is 4.58. The summed E-state index contributed by atoms with van der Waals surface area (Å²) in [4.78, 5) is 22.1. The summed E-state index contributed by atoms with van der Waals surface area (Å²) in [6.45, 7) is 9.66. The lowest BCUT2D eigenvalue weighted by Crippen LogP contribution is -2.38. The zero-order valence-corrected chi connectivity index (χ0v) is 20.6. The first kappa shape index (κ1) is 23.7. The first-order valence-electron chi connectivity index (χ1n) is 11.9. The SMILES string of the molecule is C=Cc1ccc(-c2ncccc2C2=CC3=C(C(=O)NCCN(C)C)CCC(C)N3C=C2)cc1C. The molecule has 1 amide bonds. The number of hydrogen-bond donors (Lipinski definition) is 1. The van der Waals surface area contributed by atoms with E-state index >= 15 is 0 Å². The highest BCUT2D eigenvalue weighted by Crippen LogP contribution is 2.37. The third-order valence-corrected chi connectivity index (χ3v) is 6.58. The summed E-state index contributed by atoms with van der Waals surface area (Å²) < 4.78 is 0. The van der Waals surface area contributed by atoms with Crippen molar-refractivity contribution < 1.29 is 4.79 Å². The Labute approximate surface area is 203 Å². The van der Waals surface area contributed by atoms with E-state index in [0.717, 1.165) is 58.6 Å². The maximum Gasteiger partial charge on any atom is 0.249 e. The average molecular weight is 455 g/mol. The number of nitrogens with zero attached hydrogens (tertiary/aromatic N) is 3. The number of rotatable bonds is 7. The van der Waals surface area contributed by atoms with Crippen LogP contribution >= 0.6 is 0 Å². The van der Waals surface area contributed by atoms with Crippen LogP contribution in [0, 0.1) is 6.92 Å². The molecule has 0 spiro atoms. The topological polar surface area (TPSA) is 48.5 Å². The van der Waals surface area contributed by atoms with Crippen molar-refractivity contribution in [2.24, 2.45) is 0 Å². The van der Waals surface area contributed by atoms with Crippen molar-refractivity contribution in [2.45, 2.75) is 32.7 Å². The second-order valence-electron chi connectivity index (χ2n) is 9.31. The molecule has 0 aliphatic carbocycles. The lowest BCUT2D eigenvalue weighted by molar-refractivity contribution is -0.117. The number of carbonyl (C=O) groups excluding carboxylic acids is 1. The molecule has 3 heterocycles. The van der Waals surface area contributed by atoms with Crippen LogP contribution in [0.2, 0.25) is 0 Å². The van der Waals surface area contributed by atoms with Crippen LogP contribution in [0.1, 0.15) is 36.5 Å². The van der Waals surface area contributed by atoms with Crippen LogP contribution in [0.4, 0.5) is 0 Å². The number of nitrogens with one attached hydrogen (secondary N) is 1.